The van der Waals surface area contributed by atoms with E-state index in [2.05, 4.69) is 17.0 Å². The summed E-state index contributed by atoms with van der Waals surface area (Å²) in [6.45, 7) is 4.00. The minimum absolute atomic E-state index is 0.393. The van der Waals surface area contributed by atoms with Crippen LogP contribution in [0, 0.1) is 0 Å². The maximum atomic E-state index is 6.00. The van der Waals surface area contributed by atoms with E-state index in [4.69, 9.17) is 22.7 Å². The summed E-state index contributed by atoms with van der Waals surface area (Å²) in [7, 11) is 0. The van der Waals surface area contributed by atoms with Gasteiger partial charge in [0.25, 0.3) is 0 Å². The highest BCUT2D eigenvalue weighted by atomic mass is 32.1. The molecule has 0 aliphatic carbocycles. The first kappa shape index (κ1) is 15.3. The summed E-state index contributed by atoms with van der Waals surface area (Å²) in [5.74, 6) is 0.795. The van der Waals surface area contributed by atoms with E-state index < -0.39 is 0 Å². The summed E-state index contributed by atoms with van der Waals surface area (Å²) in [5, 5.41) is 2.19. The predicted molar refractivity (Wildman–Crippen MR) is 95.6 cm³/mol. The highest BCUT2D eigenvalue weighted by Gasteiger charge is 2.13. The number of likely N-dealkylation sites (tertiary alicyclic amines) is 1. The Bertz CT molecular complexity index is 665. The van der Waals surface area contributed by atoms with Crippen LogP contribution in [0.4, 0.5) is 0 Å². The molecule has 2 aromatic rings. The number of nitrogens with zero attached hydrogens (tertiary/aromatic N) is 1. The highest BCUT2D eigenvalue weighted by Crippen LogP contribution is 2.28. The van der Waals surface area contributed by atoms with Crippen LogP contribution in [0.2, 0.25) is 0 Å². The van der Waals surface area contributed by atoms with Crippen LogP contribution in [0.1, 0.15) is 24.8 Å². The average Bonchev–Trinajstić information content (AvgIpc) is 2.55. The molecule has 0 bridgehead atoms. The molecule has 0 spiro atoms. The SMILES string of the molecule is NC(=S)c1c(OCCN2CCCCC2)ccc2ccccc12. The standard InChI is InChI=1S/C18H22N2OS/c19-18(22)17-15-7-3-2-6-14(15)8-9-16(17)21-13-12-20-10-4-1-5-11-20/h2-3,6-9H,1,4-5,10-13H2,(H2,19,22). The minimum atomic E-state index is 0.393. The Balaban J connectivity index is 1.75. The summed E-state index contributed by atoms with van der Waals surface area (Å²) in [4.78, 5) is 2.86. The lowest BCUT2D eigenvalue weighted by Crippen LogP contribution is -2.33. The molecule has 0 amide bonds. The Kier molecular flexibility index (Phi) is 4.90. The van der Waals surface area contributed by atoms with Crippen LogP contribution in [-0.2, 0) is 0 Å². The van der Waals surface area contributed by atoms with Gasteiger partial charge in [-0.15, -0.1) is 0 Å². The molecule has 2 N–H and O–H groups in total. The predicted octanol–water partition coefficient (Wildman–Crippen LogP) is 3.34. The Hall–Kier alpha value is -1.65. The number of nitrogens with two attached hydrogens (primary N) is 1. The molecule has 1 aliphatic rings. The van der Waals surface area contributed by atoms with E-state index in [-0.39, 0.29) is 0 Å². The third kappa shape index (κ3) is 3.39. The molecule has 116 valence electrons. The Morgan fingerprint density at radius 1 is 1.09 bits per heavy atom. The summed E-state index contributed by atoms with van der Waals surface area (Å²) in [6.07, 6.45) is 3.95. The first-order valence-corrected chi connectivity index (χ1v) is 8.33. The fraction of sp³-hybridized carbons (Fsp3) is 0.389. The molecule has 3 nitrogen and oxygen atoms in total. The lowest BCUT2D eigenvalue weighted by Gasteiger charge is -2.26. The molecule has 1 fully saturated rings. The van der Waals surface area contributed by atoms with Crippen molar-refractivity contribution in [2.75, 3.05) is 26.2 Å². The summed E-state index contributed by atoms with van der Waals surface area (Å²) < 4.78 is 6.00. The first-order chi connectivity index (χ1) is 10.8. The molecule has 0 radical (unpaired) electrons. The zero-order chi connectivity index (χ0) is 15.4. The van der Waals surface area contributed by atoms with Gasteiger partial charge in [0.15, 0.2) is 0 Å². The molecule has 0 saturated carbocycles. The Morgan fingerprint density at radius 2 is 1.86 bits per heavy atom. The largest absolute Gasteiger partial charge is 0.491 e. The number of thiocarbonyl (C=S) groups is 1. The quantitative estimate of drug-likeness (QED) is 0.859. The van der Waals surface area contributed by atoms with Gasteiger partial charge in [0.2, 0.25) is 0 Å². The number of fused-ring (bicyclic) bond motifs is 1. The van der Waals surface area contributed by atoms with Crippen molar-refractivity contribution in [1.29, 1.82) is 0 Å². The molecule has 2 aromatic carbocycles. The van der Waals surface area contributed by atoms with E-state index in [9.17, 15) is 0 Å². The maximum absolute atomic E-state index is 6.00. The van der Waals surface area contributed by atoms with Gasteiger partial charge in [-0.05, 0) is 42.8 Å². The van der Waals surface area contributed by atoms with Crippen LogP contribution in [0.5, 0.6) is 5.75 Å². The van der Waals surface area contributed by atoms with Gasteiger partial charge in [0, 0.05) is 6.54 Å². The molecule has 0 unspecified atom stereocenters. The van der Waals surface area contributed by atoms with Crippen molar-refractivity contribution in [1.82, 2.24) is 4.90 Å². The van der Waals surface area contributed by atoms with E-state index in [0.29, 0.717) is 11.6 Å². The van der Waals surface area contributed by atoms with Gasteiger partial charge in [-0.2, -0.15) is 0 Å². The van der Waals surface area contributed by atoms with E-state index in [1.807, 2.05) is 24.3 Å². The van der Waals surface area contributed by atoms with Crippen LogP contribution in [0.15, 0.2) is 36.4 Å². The number of hydrogen-bond donors (Lipinski definition) is 1. The van der Waals surface area contributed by atoms with Crippen LogP contribution < -0.4 is 10.5 Å². The number of benzene rings is 2. The average molecular weight is 314 g/mol. The fourth-order valence-electron chi connectivity index (χ4n) is 3.09. The van der Waals surface area contributed by atoms with Crippen LogP contribution in [0.3, 0.4) is 0 Å². The number of rotatable bonds is 5. The van der Waals surface area contributed by atoms with E-state index in [1.54, 1.807) is 0 Å². The van der Waals surface area contributed by atoms with Crippen molar-refractivity contribution in [3.63, 3.8) is 0 Å². The van der Waals surface area contributed by atoms with Crippen molar-refractivity contribution in [3.8, 4) is 5.75 Å². The molecule has 4 heteroatoms. The number of hydrogen-bond acceptors (Lipinski definition) is 3. The van der Waals surface area contributed by atoms with Crippen molar-refractivity contribution in [2.24, 2.45) is 5.73 Å². The van der Waals surface area contributed by atoms with E-state index in [0.717, 1.165) is 28.6 Å². The molecule has 1 heterocycles. The van der Waals surface area contributed by atoms with Gasteiger partial charge in [0.05, 0.1) is 5.56 Å². The highest BCUT2D eigenvalue weighted by molar-refractivity contribution is 7.80. The topological polar surface area (TPSA) is 38.5 Å². The molecule has 1 aliphatic heterocycles. The second kappa shape index (κ2) is 7.07. The monoisotopic (exact) mass is 314 g/mol. The zero-order valence-corrected chi connectivity index (χ0v) is 13.6. The summed E-state index contributed by atoms with van der Waals surface area (Å²) in [6, 6.07) is 12.2. The van der Waals surface area contributed by atoms with Crippen molar-refractivity contribution < 1.29 is 4.74 Å². The van der Waals surface area contributed by atoms with Crippen molar-refractivity contribution >= 4 is 28.0 Å². The number of ether oxygens (including phenoxy) is 1. The van der Waals surface area contributed by atoms with Crippen LogP contribution in [0.25, 0.3) is 10.8 Å². The summed E-state index contributed by atoms with van der Waals surface area (Å²) in [5.41, 5.74) is 6.79. The minimum Gasteiger partial charge on any atom is -0.491 e. The lowest BCUT2D eigenvalue weighted by atomic mass is 10.0. The van der Waals surface area contributed by atoms with Crippen molar-refractivity contribution in [2.45, 2.75) is 19.3 Å². The zero-order valence-electron chi connectivity index (χ0n) is 12.8. The van der Waals surface area contributed by atoms with Gasteiger partial charge in [-0.3, -0.25) is 4.90 Å². The van der Waals surface area contributed by atoms with Gasteiger partial charge >= 0.3 is 0 Å². The molecule has 0 atom stereocenters. The van der Waals surface area contributed by atoms with Gasteiger partial charge in [0.1, 0.15) is 17.3 Å². The molecule has 1 saturated heterocycles. The van der Waals surface area contributed by atoms with Gasteiger partial charge < -0.3 is 10.5 Å². The second-order valence-corrected chi connectivity index (χ2v) is 6.21. The lowest BCUT2D eigenvalue weighted by molar-refractivity contribution is 0.183. The van der Waals surface area contributed by atoms with Gasteiger partial charge in [-0.1, -0.05) is 49.0 Å². The molecule has 22 heavy (non-hydrogen) atoms. The normalized spacial score (nSPS) is 15.8. The maximum Gasteiger partial charge on any atom is 0.130 e. The molecule has 0 aromatic heterocycles. The van der Waals surface area contributed by atoms with Crippen LogP contribution >= 0.6 is 12.2 Å². The third-order valence-corrected chi connectivity index (χ3v) is 4.46. The first-order valence-electron chi connectivity index (χ1n) is 7.92. The van der Waals surface area contributed by atoms with Gasteiger partial charge in [-0.25, -0.2) is 0 Å². The molecule has 3 rings (SSSR count). The van der Waals surface area contributed by atoms with E-state index in [1.165, 1.54) is 32.4 Å². The Labute approximate surface area is 137 Å². The second-order valence-electron chi connectivity index (χ2n) is 5.77. The Morgan fingerprint density at radius 3 is 2.64 bits per heavy atom. The third-order valence-electron chi connectivity index (χ3n) is 4.25. The van der Waals surface area contributed by atoms with Crippen LogP contribution in [-0.4, -0.2) is 36.1 Å². The smallest absolute Gasteiger partial charge is 0.130 e. The van der Waals surface area contributed by atoms with E-state index >= 15 is 0 Å². The summed E-state index contributed by atoms with van der Waals surface area (Å²) >= 11 is 5.24. The fourth-order valence-corrected chi connectivity index (χ4v) is 3.30. The molecular formula is C18H22N2OS. The number of piperidine rings is 1. The van der Waals surface area contributed by atoms with Crippen molar-refractivity contribution in [3.05, 3.63) is 42.0 Å². The molecular weight excluding hydrogens is 292 g/mol.